The third kappa shape index (κ3) is 13.4. The number of hydrogen-bond acceptors (Lipinski definition) is 35. The van der Waals surface area contributed by atoms with Gasteiger partial charge < -0.3 is 173 Å². The van der Waals surface area contributed by atoms with Crippen LogP contribution in [-0.2, 0) is 71.1 Å². The third-order valence-corrected chi connectivity index (χ3v) is 15.7. The molecule has 472 valence electrons. The van der Waals surface area contributed by atoms with Gasteiger partial charge in [0, 0.05) is 19.1 Å². The number of aliphatic hydroxyl groups excluding tert-OH is 20. The molecule has 81 heavy (non-hydrogen) atoms. The zero-order chi connectivity index (χ0) is 58.9. The zero-order valence-electron chi connectivity index (χ0n) is 43.3. The predicted molar refractivity (Wildman–Crippen MR) is 247 cm³/mol. The summed E-state index contributed by atoms with van der Waals surface area (Å²) in [6.45, 7) is -6.28. The minimum atomic E-state index is -2.20. The first-order valence-electron chi connectivity index (χ1n) is 26.5. The lowest BCUT2D eigenvalue weighted by Crippen LogP contribution is -2.68. The number of rotatable bonds is 11. The smallest absolute Gasteiger partial charge is 0.187 e. The normalized spacial score (nSPS) is 53.2. The van der Waals surface area contributed by atoms with Gasteiger partial charge in [-0.2, -0.15) is 0 Å². The highest BCUT2D eigenvalue weighted by Gasteiger charge is 2.59. The molecule has 0 aromatic rings. The van der Waals surface area contributed by atoms with Crippen LogP contribution in [0.5, 0.6) is 0 Å². The second-order valence-electron chi connectivity index (χ2n) is 20.9. The van der Waals surface area contributed by atoms with Crippen LogP contribution in [0.4, 0.5) is 0 Å². The van der Waals surface area contributed by atoms with Crippen LogP contribution in [0.2, 0.25) is 0 Å². The van der Waals surface area contributed by atoms with Crippen molar-refractivity contribution in [3.63, 3.8) is 0 Å². The van der Waals surface area contributed by atoms with Crippen LogP contribution in [0, 0.1) is 5.92 Å². The average molecular weight is 1190 g/mol. The van der Waals surface area contributed by atoms with Crippen LogP contribution in [-0.4, -0.2) is 370 Å². The Kier molecular flexibility index (Phi) is 23.2. The SMILES string of the molecule is C[C@@H]1[C@@H](O)[C@H]2O[C@H]3[C@H](O)[C@@H](O)[C@@H](O[C@H]4[C@H](O)[C@@H](O)[C@@H](O[C@H]5[C@H](O)[C@@H](O)[C@@H](O[C@H]6[C@H](O)[C@@H](O)[C@@H](O[C@H]7[C@H](O)[C@@H](OCCCO)[C@@H](O[C@H]8[C@H](O)[C@@H](O)[C@@H](O[C@@H]1[C@@H](CO)O2)O[C@@H]8CO)O[C@@H]7CO)O[C@@H]6CO)O[C@@H]5CO)O[C@@H]4CO)O[C@@H]3CO. The van der Waals surface area contributed by atoms with Gasteiger partial charge in [0.2, 0.25) is 0 Å². The largest absolute Gasteiger partial charge is 0.396 e. The molecule has 0 aliphatic carbocycles. The van der Waals surface area contributed by atoms with Gasteiger partial charge in [0.15, 0.2) is 44.0 Å². The van der Waals surface area contributed by atoms with E-state index in [1.807, 2.05) is 0 Å². The number of hydrogen-bond donors (Lipinski definition) is 20. The summed E-state index contributed by atoms with van der Waals surface area (Å²) in [5.41, 5.74) is 0. The highest BCUT2D eigenvalue weighted by Crippen LogP contribution is 2.40. The second-order valence-corrected chi connectivity index (χ2v) is 20.9. The van der Waals surface area contributed by atoms with Crippen LogP contribution < -0.4 is 0 Å². The minimum Gasteiger partial charge on any atom is -0.396 e. The Labute approximate surface area is 460 Å². The fraction of sp³-hybridized carbons (Fsp3) is 1.00. The van der Waals surface area contributed by atoms with Gasteiger partial charge in [-0.1, -0.05) is 6.92 Å². The lowest BCUT2D eigenvalue weighted by atomic mass is 9.90. The van der Waals surface area contributed by atoms with Gasteiger partial charge in [-0.3, -0.25) is 0 Å². The summed E-state index contributed by atoms with van der Waals surface area (Å²) < 4.78 is 87.6. The van der Waals surface area contributed by atoms with Gasteiger partial charge in [0.25, 0.3) is 0 Å². The van der Waals surface area contributed by atoms with Crippen molar-refractivity contribution in [1.29, 1.82) is 0 Å². The van der Waals surface area contributed by atoms with E-state index < -0.39 is 268 Å². The van der Waals surface area contributed by atoms with Crippen LogP contribution in [0.15, 0.2) is 0 Å². The summed E-state index contributed by atoms with van der Waals surface area (Å²) in [5.74, 6) is -1.17. The van der Waals surface area contributed by atoms with E-state index in [-0.39, 0.29) is 13.0 Å². The van der Waals surface area contributed by atoms with Gasteiger partial charge in [-0.05, 0) is 6.42 Å². The molecule has 35 nitrogen and oxygen atoms in total. The molecule has 20 N–H and O–H groups in total. The van der Waals surface area contributed by atoms with E-state index in [0.717, 1.165) is 0 Å². The molecule has 0 unspecified atom stereocenters. The maximum Gasteiger partial charge on any atom is 0.187 e. The van der Waals surface area contributed by atoms with E-state index in [1.165, 1.54) is 6.92 Å². The number of ether oxygens (including phenoxy) is 15. The molecule has 0 aromatic carbocycles. The molecule has 21 fully saturated rings. The molecule has 21 saturated heterocycles. The summed E-state index contributed by atoms with van der Waals surface area (Å²) in [7, 11) is 0. The second kappa shape index (κ2) is 28.6. The topological polar surface area (TPSA) is 543 Å². The lowest BCUT2D eigenvalue weighted by Gasteiger charge is -2.50. The van der Waals surface area contributed by atoms with Crippen molar-refractivity contribution in [3.05, 3.63) is 0 Å². The fourth-order valence-electron chi connectivity index (χ4n) is 11.1. The first kappa shape index (κ1) is 65.6. The molecule has 0 saturated carbocycles. The van der Waals surface area contributed by atoms with Crippen molar-refractivity contribution in [3.8, 4) is 0 Å². The zero-order valence-corrected chi connectivity index (χ0v) is 43.3. The van der Waals surface area contributed by atoms with Crippen LogP contribution in [0.3, 0.4) is 0 Å². The molecular formula is C46H78O35. The quantitative estimate of drug-likeness (QED) is 0.0854. The Morgan fingerprint density at radius 2 is 0.481 bits per heavy atom. The summed E-state index contributed by atoms with van der Waals surface area (Å²) in [5, 5.41) is 221. The van der Waals surface area contributed by atoms with E-state index in [2.05, 4.69) is 0 Å². The van der Waals surface area contributed by atoms with Gasteiger partial charge in [-0.15, -0.1) is 0 Å². The molecule has 0 spiro atoms. The van der Waals surface area contributed by atoms with Crippen molar-refractivity contribution in [2.24, 2.45) is 5.92 Å². The summed E-state index contributed by atoms with van der Waals surface area (Å²) in [4.78, 5) is 0. The van der Waals surface area contributed by atoms with E-state index >= 15 is 0 Å². The molecule has 14 bridgehead atoms. The Morgan fingerprint density at radius 3 is 0.753 bits per heavy atom. The Morgan fingerprint density at radius 1 is 0.259 bits per heavy atom. The standard InChI is InChI=1S/C46H78O35/c1-12-20(55)40-68-13(5-48)32(12)75-41-26(61)25(60)37(18(10-53)69-41)81-46-39(67-4-2-3-47)31(66)38(19(11-54)74-46)80-45-30(65)24(59)36(17(9-52)73-45)79-44-29(64)23(58)35(16(8-51)72-44)78-43-28(63)22(57)34(15(7-50)71-43)77-42-27(62)21(56)33(76-40)14(6-49)70-42/h12-66H,2-11H2,1H3/t12-,13-,14-,15-,16-,17-,18-,19-,20-,21-,22-,23-,24-,25-,26-,27-,28-,29-,30-,31+,32+,33-,34-,35-,36-,37-,38-,39-,40-,41-,42-,43-,44-,45-,46-/m1/s1. The Bertz CT molecular complexity index is 1890. The monoisotopic (exact) mass is 1190 g/mol. The van der Waals surface area contributed by atoms with Crippen LogP contribution in [0.25, 0.3) is 0 Å². The molecule has 35 heteroatoms. The first-order chi connectivity index (χ1) is 38.7. The molecule has 0 radical (unpaired) electrons. The van der Waals surface area contributed by atoms with Crippen molar-refractivity contribution in [2.45, 2.75) is 222 Å². The van der Waals surface area contributed by atoms with Crippen molar-refractivity contribution < 1.29 is 173 Å². The first-order valence-corrected chi connectivity index (χ1v) is 26.5. The molecule has 21 heterocycles. The van der Waals surface area contributed by atoms with E-state index in [4.69, 9.17) is 71.1 Å². The van der Waals surface area contributed by atoms with E-state index in [1.54, 1.807) is 0 Å². The summed E-state index contributed by atoms with van der Waals surface area (Å²) in [6.07, 6.45) is -64.5. The molecule has 35 atom stereocenters. The van der Waals surface area contributed by atoms with Crippen molar-refractivity contribution in [1.82, 2.24) is 0 Å². The molecular weight excluding hydrogens is 1110 g/mol. The highest BCUT2D eigenvalue weighted by molar-refractivity contribution is 5.01. The Hall–Kier alpha value is -1.40. The van der Waals surface area contributed by atoms with E-state index in [9.17, 15) is 102 Å². The lowest BCUT2D eigenvalue weighted by molar-refractivity contribution is -0.397. The maximum absolute atomic E-state index is 11.9. The average Bonchev–Trinajstić information content (AvgIpc) is 3.46. The van der Waals surface area contributed by atoms with Crippen molar-refractivity contribution in [2.75, 3.05) is 59.5 Å². The molecule has 21 aliphatic heterocycles. The molecule has 0 amide bonds. The summed E-state index contributed by atoms with van der Waals surface area (Å²) >= 11 is 0. The Balaban J connectivity index is 1.10. The highest BCUT2D eigenvalue weighted by atomic mass is 16.8. The van der Waals surface area contributed by atoms with Crippen molar-refractivity contribution >= 4 is 0 Å². The van der Waals surface area contributed by atoms with Gasteiger partial charge in [0.1, 0.15) is 159 Å². The van der Waals surface area contributed by atoms with Gasteiger partial charge in [-0.25, -0.2) is 0 Å². The molecule has 21 aliphatic rings. The molecule has 0 aromatic heterocycles. The third-order valence-electron chi connectivity index (χ3n) is 15.7. The predicted octanol–water partition coefficient (Wildman–Crippen LogP) is -13.5. The van der Waals surface area contributed by atoms with E-state index in [0.29, 0.717) is 0 Å². The minimum absolute atomic E-state index is 0.0388. The fourth-order valence-corrected chi connectivity index (χ4v) is 11.1. The maximum atomic E-state index is 11.9. The number of aliphatic hydroxyl groups is 20. The van der Waals surface area contributed by atoms with Gasteiger partial charge in [0.05, 0.1) is 52.4 Å². The van der Waals surface area contributed by atoms with Crippen LogP contribution >= 0.6 is 0 Å². The van der Waals surface area contributed by atoms with Gasteiger partial charge >= 0.3 is 0 Å². The summed E-state index contributed by atoms with van der Waals surface area (Å²) in [6, 6.07) is 0. The van der Waals surface area contributed by atoms with Crippen LogP contribution in [0.1, 0.15) is 13.3 Å². The molecule has 21 rings (SSSR count).